The van der Waals surface area contributed by atoms with E-state index in [2.05, 4.69) is 9.82 Å². The molecule has 1 saturated heterocycles. The molecule has 182 valence electrons. The molecule has 0 atom stereocenters. The molecule has 4 rings (SSSR count). The summed E-state index contributed by atoms with van der Waals surface area (Å²) in [5, 5.41) is 4.41. The lowest BCUT2D eigenvalue weighted by Gasteiger charge is -2.42. The maximum atomic E-state index is 12.8. The Kier molecular flexibility index (Phi) is 6.45. The highest BCUT2D eigenvalue weighted by molar-refractivity contribution is 7.89. The Bertz CT molecular complexity index is 1270. The number of nitrogens with one attached hydrogen (secondary N) is 1. The smallest absolute Gasteiger partial charge is 0.416 e. The van der Waals surface area contributed by atoms with Crippen molar-refractivity contribution in [2.75, 3.05) is 19.0 Å². The molecule has 11 heteroatoms. The monoisotopic (exact) mass is 495 g/mol. The lowest BCUT2D eigenvalue weighted by Crippen LogP contribution is -2.59. The Hall–Kier alpha value is -2.89. The molecule has 7 nitrogen and oxygen atoms in total. The first kappa shape index (κ1) is 24.2. The molecule has 0 amide bonds. The first-order valence-electron chi connectivity index (χ1n) is 10.7. The Morgan fingerprint density at radius 1 is 1.12 bits per heavy atom. The molecule has 0 spiro atoms. The fraction of sp³-hybridized carbons (Fsp3) is 0.348. The van der Waals surface area contributed by atoms with E-state index in [0.29, 0.717) is 6.54 Å². The minimum absolute atomic E-state index is 0.0400. The van der Waals surface area contributed by atoms with Crippen molar-refractivity contribution in [3.63, 3.8) is 0 Å². The molecule has 1 aromatic heterocycles. The average Bonchev–Trinajstić information content (AvgIpc) is 3.19. The molecule has 34 heavy (non-hydrogen) atoms. The van der Waals surface area contributed by atoms with Crippen LogP contribution < -0.4 is 9.46 Å². The predicted molar refractivity (Wildman–Crippen MR) is 120 cm³/mol. The van der Waals surface area contributed by atoms with E-state index >= 15 is 0 Å². The summed E-state index contributed by atoms with van der Waals surface area (Å²) < 4.78 is 78.3. The van der Waals surface area contributed by atoms with Gasteiger partial charge in [0.1, 0.15) is 11.3 Å². The summed E-state index contributed by atoms with van der Waals surface area (Å²) in [5.41, 5.74) is 0.684. The van der Waals surface area contributed by atoms with Gasteiger partial charge in [-0.05, 0) is 49.7 Å². The van der Waals surface area contributed by atoms with Gasteiger partial charge in [-0.2, -0.15) is 17.9 Å². The van der Waals surface area contributed by atoms with Crippen LogP contribution in [0, 0.1) is 0 Å². The predicted octanol–water partition coefficient (Wildman–Crippen LogP) is 4.55. The van der Waals surface area contributed by atoms with Crippen LogP contribution in [0.25, 0.3) is 11.3 Å². The van der Waals surface area contributed by atoms with Gasteiger partial charge in [0.05, 0.1) is 30.2 Å². The van der Waals surface area contributed by atoms with Crippen LogP contribution in [0.15, 0.2) is 54.6 Å². The first-order valence-corrected chi connectivity index (χ1v) is 12.3. The van der Waals surface area contributed by atoms with E-state index in [0.717, 1.165) is 29.0 Å². The molecule has 0 saturated carbocycles. The van der Waals surface area contributed by atoms with Crippen molar-refractivity contribution in [1.29, 1.82) is 0 Å². The van der Waals surface area contributed by atoms with E-state index < -0.39 is 27.3 Å². The van der Waals surface area contributed by atoms with Crippen LogP contribution in [0.5, 0.6) is 11.6 Å². The van der Waals surface area contributed by atoms with Gasteiger partial charge in [0.2, 0.25) is 15.9 Å². The first-order chi connectivity index (χ1) is 16.0. The zero-order valence-electron chi connectivity index (χ0n) is 18.6. The lowest BCUT2D eigenvalue weighted by molar-refractivity contribution is -0.137. The maximum Gasteiger partial charge on any atom is 0.416 e. The number of hydrogen-bond donors (Lipinski definition) is 1. The number of alkyl halides is 3. The molecule has 0 bridgehead atoms. The number of aromatic nitrogens is 2. The standard InChI is InChI=1S/C23H24F3N3O4S/c1-3-29-20(13-21(27-29)33-19-10-8-17(9-11-19)23(24,25)26)16-6-5-7-18(12-16)22(14-32-15-22)28-34(30,31)4-2/h5-13,28H,3-4,14-15H2,1-2H3. The number of hydrogen-bond acceptors (Lipinski definition) is 5. The second kappa shape index (κ2) is 9.05. The number of nitrogens with zero attached hydrogens (tertiary/aromatic N) is 2. The molecular formula is C23H24F3N3O4S. The third-order valence-corrected chi connectivity index (χ3v) is 7.06. The van der Waals surface area contributed by atoms with E-state index in [1.807, 2.05) is 31.2 Å². The van der Waals surface area contributed by atoms with Gasteiger partial charge in [-0.25, -0.2) is 8.42 Å². The SMILES string of the molecule is CCn1nc(Oc2ccc(C(F)(F)F)cc2)cc1-c1cccc(C2(NS(=O)(=O)CC)COC2)c1. The van der Waals surface area contributed by atoms with Crippen LogP contribution in [-0.4, -0.2) is 37.2 Å². The van der Waals surface area contributed by atoms with Crippen LogP contribution in [0.3, 0.4) is 0 Å². The summed E-state index contributed by atoms with van der Waals surface area (Å²) in [6.07, 6.45) is -4.42. The van der Waals surface area contributed by atoms with Crippen molar-refractivity contribution in [1.82, 2.24) is 14.5 Å². The summed E-state index contributed by atoms with van der Waals surface area (Å²) in [5.74, 6) is 0.422. The summed E-state index contributed by atoms with van der Waals surface area (Å²) in [7, 11) is -3.46. The highest BCUT2D eigenvalue weighted by Crippen LogP contribution is 2.35. The number of halogens is 3. The van der Waals surface area contributed by atoms with Crippen LogP contribution >= 0.6 is 0 Å². The molecular weight excluding hydrogens is 471 g/mol. The highest BCUT2D eigenvalue weighted by atomic mass is 32.2. The number of aryl methyl sites for hydroxylation is 1. The van der Waals surface area contributed by atoms with Crippen molar-refractivity contribution in [2.24, 2.45) is 0 Å². The van der Waals surface area contributed by atoms with Gasteiger partial charge in [-0.1, -0.05) is 18.2 Å². The Balaban J connectivity index is 1.62. The quantitative estimate of drug-likeness (QED) is 0.496. The lowest BCUT2D eigenvalue weighted by atomic mass is 9.88. The second-order valence-corrected chi connectivity index (χ2v) is 9.98. The molecule has 0 aliphatic carbocycles. The van der Waals surface area contributed by atoms with Crippen molar-refractivity contribution < 1.29 is 31.1 Å². The van der Waals surface area contributed by atoms with E-state index in [9.17, 15) is 21.6 Å². The molecule has 1 N–H and O–H groups in total. The average molecular weight is 496 g/mol. The summed E-state index contributed by atoms with van der Waals surface area (Å²) >= 11 is 0. The fourth-order valence-corrected chi connectivity index (χ4v) is 4.66. The molecule has 3 aromatic rings. The van der Waals surface area contributed by atoms with Crippen LogP contribution in [0.2, 0.25) is 0 Å². The van der Waals surface area contributed by atoms with Crippen LogP contribution in [0.4, 0.5) is 13.2 Å². The van der Waals surface area contributed by atoms with E-state index in [1.54, 1.807) is 17.7 Å². The van der Waals surface area contributed by atoms with Gasteiger partial charge in [-0.3, -0.25) is 4.68 Å². The van der Waals surface area contributed by atoms with E-state index in [4.69, 9.17) is 9.47 Å². The second-order valence-electron chi connectivity index (χ2n) is 7.97. The van der Waals surface area contributed by atoms with Gasteiger partial charge in [-0.15, -0.1) is 5.10 Å². The number of ether oxygens (including phenoxy) is 2. The van der Waals surface area contributed by atoms with E-state index in [-0.39, 0.29) is 30.6 Å². The van der Waals surface area contributed by atoms with Gasteiger partial charge in [0, 0.05) is 18.2 Å². The fourth-order valence-electron chi connectivity index (χ4n) is 3.69. The molecule has 2 heterocycles. The van der Waals surface area contributed by atoms with Gasteiger partial charge in [0.25, 0.3) is 0 Å². The summed E-state index contributed by atoms with van der Waals surface area (Å²) in [4.78, 5) is 0. The van der Waals surface area contributed by atoms with Crippen molar-refractivity contribution >= 4 is 10.0 Å². The number of rotatable bonds is 8. The Morgan fingerprint density at radius 2 is 1.82 bits per heavy atom. The van der Waals surface area contributed by atoms with Crippen molar-refractivity contribution in [2.45, 2.75) is 32.1 Å². The highest BCUT2D eigenvalue weighted by Gasteiger charge is 2.43. The van der Waals surface area contributed by atoms with Crippen LogP contribution in [0.1, 0.15) is 25.0 Å². The minimum Gasteiger partial charge on any atom is -0.438 e. The van der Waals surface area contributed by atoms with Gasteiger partial charge < -0.3 is 9.47 Å². The van der Waals surface area contributed by atoms with Crippen LogP contribution in [-0.2, 0) is 33.0 Å². The topological polar surface area (TPSA) is 82.5 Å². The third-order valence-electron chi connectivity index (χ3n) is 5.60. The molecule has 0 unspecified atom stereocenters. The zero-order chi connectivity index (χ0) is 24.6. The molecule has 2 aromatic carbocycles. The molecule has 1 aliphatic heterocycles. The van der Waals surface area contributed by atoms with Gasteiger partial charge >= 0.3 is 6.18 Å². The van der Waals surface area contributed by atoms with E-state index in [1.165, 1.54) is 12.1 Å². The normalized spacial score (nSPS) is 15.7. The Morgan fingerprint density at radius 3 is 2.38 bits per heavy atom. The Labute approximate surface area is 195 Å². The molecule has 1 fully saturated rings. The van der Waals surface area contributed by atoms with Gasteiger partial charge in [0.15, 0.2) is 0 Å². The minimum atomic E-state index is -4.42. The number of sulfonamides is 1. The zero-order valence-corrected chi connectivity index (χ0v) is 19.4. The summed E-state index contributed by atoms with van der Waals surface area (Å²) in [6.45, 7) is 4.45. The molecule has 0 radical (unpaired) electrons. The maximum absolute atomic E-state index is 12.8. The third kappa shape index (κ3) is 4.96. The summed E-state index contributed by atoms with van der Waals surface area (Å²) in [6, 6.07) is 13.5. The largest absolute Gasteiger partial charge is 0.438 e. The number of benzene rings is 2. The molecule has 1 aliphatic rings. The van der Waals surface area contributed by atoms with Crippen molar-refractivity contribution in [3.05, 3.63) is 65.7 Å². The van der Waals surface area contributed by atoms with Crippen molar-refractivity contribution in [3.8, 4) is 22.9 Å².